The van der Waals surface area contributed by atoms with Gasteiger partial charge in [0.25, 0.3) is 5.91 Å². The van der Waals surface area contributed by atoms with E-state index in [1.165, 1.54) is 0 Å². The third-order valence-electron chi connectivity index (χ3n) is 2.50. The fourth-order valence-electron chi connectivity index (χ4n) is 1.52. The molecule has 0 bridgehead atoms. The van der Waals surface area contributed by atoms with Crippen molar-refractivity contribution in [1.82, 2.24) is 10.6 Å². The molecule has 1 aromatic rings. The highest BCUT2D eigenvalue weighted by Crippen LogP contribution is 2.25. The molecule has 0 unspecified atom stereocenters. The van der Waals surface area contributed by atoms with Crippen molar-refractivity contribution in [2.45, 2.75) is 19.9 Å². The van der Waals surface area contributed by atoms with Gasteiger partial charge in [-0.15, -0.1) is 6.42 Å². The van der Waals surface area contributed by atoms with Crippen molar-refractivity contribution < 1.29 is 9.53 Å². The van der Waals surface area contributed by atoms with Gasteiger partial charge in [-0.2, -0.15) is 0 Å². The molecule has 0 fully saturated rings. The van der Waals surface area contributed by atoms with Crippen LogP contribution >= 0.6 is 11.6 Å². The van der Waals surface area contributed by atoms with Crippen molar-refractivity contribution in [2.75, 3.05) is 19.7 Å². The van der Waals surface area contributed by atoms with Gasteiger partial charge in [-0.05, 0) is 30.7 Å². The zero-order valence-corrected chi connectivity index (χ0v) is 12.3. The highest BCUT2D eigenvalue weighted by Gasteiger charge is 2.06. The Morgan fingerprint density at radius 3 is 2.95 bits per heavy atom. The van der Waals surface area contributed by atoms with Crippen LogP contribution in [0.25, 0.3) is 0 Å². The summed E-state index contributed by atoms with van der Waals surface area (Å²) < 4.78 is 5.34. The van der Waals surface area contributed by atoms with Crippen molar-refractivity contribution in [2.24, 2.45) is 0 Å². The van der Waals surface area contributed by atoms with E-state index in [0.29, 0.717) is 10.8 Å². The average Bonchev–Trinajstić information content (AvgIpc) is 2.44. The van der Waals surface area contributed by atoms with Gasteiger partial charge in [-0.1, -0.05) is 30.5 Å². The van der Waals surface area contributed by atoms with Gasteiger partial charge in [0.15, 0.2) is 6.61 Å². The lowest BCUT2D eigenvalue weighted by Crippen LogP contribution is -2.29. The van der Waals surface area contributed by atoms with Crippen molar-refractivity contribution in [3.05, 3.63) is 28.8 Å². The summed E-state index contributed by atoms with van der Waals surface area (Å²) in [6.45, 7) is 3.93. The number of nitrogens with one attached hydrogen (secondary N) is 2. The summed E-state index contributed by atoms with van der Waals surface area (Å²) in [6, 6.07) is 5.52. The number of terminal acetylenes is 1. The zero-order chi connectivity index (χ0) is 14.8. The predicted octanol–water partition coefficient (Wildman–Crippen LogP) is 1.97. The Labute approximate surface area is 124 Å². The summed E-state index contributed by atoms with van der Waals surface area (Å²) in [5.41, 5.74) is 1.08. The Morgan fingerprint density at radius 2 is 2.30 bits per heavy atom. The Balaban J connectivity index is 2.47. The lowest BCUT2D eigenvalue weighted by molar-refractivity contribution is -0.122. The number of ether oxygens (including phenoxy) is 1. The molecule has 0 spiro atoms. The number of hydrogen-bond acceptors (Lipinski definition) is 3. The molecule has 1 amide bonds. The first kappa shape index (κ1) is 16.4. The zero-order valence-electron chi connectivity index (χ0n) is 11.5. The van der Waals surface area contributed by atoms with Gasteiger partial charge in [-0.25, -0.2) is 0 Å². The summed E-state index contributed by atoms with van der Waals surface area (Å²) in [5.74, 6) is 2.54. The molecule has 0 heterocycles. The molecule has 0 aliphatic carbocycles. The van der Waals surface area contributed by atoms with Crippen molar-refractivity contribution in [1.29, 1.82) is 0 Å². The molecule has 0 saturated heterocycles. The molecule has 0 radical (unpaired) electrons. The SMILES string of the molecule is C#CCNC(=O)COc1ccc(CNCCC)cc1Cl. The first-order valence-electron chi connectivity index (χ1n) is 6.49. The van der Waals surface area contributed by atoms with E-state index in [0.717, 1.165) is 25.1 Å². The highest BCUT2D eigenvalue weighted by molar-refractivity contribution is 6.32. The summed E-state index contributed by atoms with van der Waals surface area (Å²) in [6.07, 6.45) is 6.13. The number of halogens is 1. The van der Waals surface area contributed by atoms with Gasteiger partial charge in [0.1, 0.15) is 5.75 Å². The summed E-state index contributed by atoms with van der Waals surface area (Å²) in [4.78, 5) is 11.3. The van der Waals surface area contributed by atoms with Gasteiger partial charge < -0.3 is 15.4 Å². The van der Waals surface area contributed by atoms with E-state index >= 15 is 0 Å². The molecule has 20 heavy (non-hydrogen) atoms. The third kappa shape index (κ3) is 5.96. The predicted molar refractivity (Wildman–Crippen MR) is 80.8 cm³/mol. The molecule has 1 rings (SSSR count). The fraction of sp³-hybridized carbons (Fsp3) is 0.400. The lowest BCUT2D eigenvalue weighted by Gasteiger charge is -2.09. The second-order valence-electron chi connectivity index (χ2n) is 4.21. The molecule has 5 heteroatoms. The smallest absolute Gasteiger partial charge is 0.258 e. The quantitative estimate of drug-likeness (QED) is 0.569. The van der Waals surface area contributed by atoms with Crippen LogP contribution in [0.5, 0.6) is 5.75 Å². The van der Waals surface area contributed by atoms with Crippen LogP contribution in [0.1, 0.15) is 18.9 Å². The third-order valence-corrected chi connectivity index (χ3v) is 2.79. The largest absolute Gasteiger partial charge is 0.482 e. The maximum absolute atomic E-state index is 11.3. The summed E-state index contributed by atoms with van der Waals surface area (Å²) >= 11 is 6.11. The maximum Gasteiger partial charge on any atom is 0.258 e. The minimum absolute atomic E-state index is 0.102. The molecule has 0 aliphatic rings. The van der Waals surface area contributed by atoms with E-state index in [9.17, 15) is 4.79 Å². The van der Waals surface area contributed by atoms with E-state index in [1.54, 1.807) is 6.07 Å². The molecular weight excluding hydrogens is 276 g/mol. The first-order valence-corrected chi connectivity index (χ1v) is 6.87. The van der Waals surface area contributed by atoms with Crippen LogP contribution in [0.4, 0.5) is 0 Å². The molecule has 1 aromatic carbocycles. The second-order valence-corrected chi connectivity index (χ2v) is 4.62. The number of carbonyl (C=O) groups is 1. The highest BCUT2D eigenvalue weighted by atomic mass is 35.5. The first-order chi connectivity index (χ1) is 9.67. The molecule has 0 saturated carbocycles. The molecule has 4 nitrogen and oxygen atoms in total. The molecule has 0 aromatic heterocycles. The van der Waals surface area contributed by atoms with Gasteiger partial charge >= 0.3 is 0 Å². The van der Waals surface area contributed by atoms with E-state index in [-0.39, 0.29) is 19.1 Å². The second kappa shape index (κ2) is 9.24. The van der Waals surface area contributed by atoms with Crippen LogP contribution in [0.2, 0.25) is 5.02 Å². The monoisotopic (exact) mass is 294 g/mol. The lowest BCUT2D eigenvalue weighted by atomic mass is 10.2. The minimum atomic E-state index is -0.271. The number of rotatable bonds is 8. The van der Waals surface area contributed by atoms with E-state index in [4.69, 9.17) is 22.8 Å². The molecule has 2 N–H and O–H groups in total. The topological polar surface area (TPSA) is 50.4 Å². The van der Waals surface area contributed by atoms with Crippen LogP contribution in [-0.2, 0) is 11.3 Å². The van der Waals surface area contributed by atoms with Crippen molar-refractivity contribution in [3.63, 3.8) is 0 Å². The molecular formula is C15H19ClN2O2. The number of carbonyl (C=O) groups excluding carboxylic acids is 1. The van der Waals surface area contributed by atoms with Crippen LogP contribution in [0.3, 0.4) is 0 Å². The van der Waals surface area contributed by atoms with E-state index in [1.807, 2.05) is 12.1 Å². The average molecular weight is 295 g/mol. The van der Waals surface area contributed by atoms with Crippen molar-refractivity contribution in [3.8, 4) is 18.1 Å². The standard InChI is InChI=1S/C15H19ClN2O2/c1-3-7-17-10-12-5-6-14(13(16)9-12)20-11-15(19)18-8-4-2/h2,5-6,9,17H,3,7-8,10-11H2,1H3,(H,18,19). The molecule has 108 valence electrons. The maximum atomic E-state index is 11.3. The van der Waals surface area contributed by atoms with Gasteiger partial charge in [0, 0.05) is 6.54 Å². The Morgan fingerprint density at radius 1 is 1.50 bits per heavy atom. The van der Waals surface area contributed by atoms with Gasteiger partial charge in [-0.3, -0.25) is 4.79 Å². The Kier molecular flexibility index (Phi) is 7.56. The van der Waals surface area contributed by atoms with Gasteiger partial charge in [0.05, 0.1) is 11.6 Å². The summed E-state index contributed by atoms with van der Waals surface area (Å²) in [5, 5.41) is 6.29. The minimum Gasteiger partial charge on any atom is -0.482 e. The van der Waals surface area contributed by atoms with Crippen LogP contribution in [-0.4, -0.2) is 25.6 Å². The summed E-state index contributed by atoms with van der Waals surface area (Å²) in [7, 11) is 0. The van der Waals surface area contributed by atoms with Crippen molar-refractivity contribution >= 4 is 17.5 Å². The Bertz CT molecular complexity index is 483. The number of amides is 1. The molecule has 0 aliphatic heterocycles. The fourth-order valence-corrected chi connectivity index (χ4v) is 1.78. The van der Waals surface area contributed by atoms with E-state index < -0.39 is 0 Å². The Hall–Kier alpha value is -1.70. The number of benzene rings is 1. The normalized spacial score (nSPS) is 9.85. The molecule has 0 atom stereocenters. The van der Waals surface area contributed by atoms with Crippen LogP contribution in [0, 0.1) is 12.3 Å². The number of hydrogen-bond donors (Lipinski definition) is 2. The van der Waals surface area contributed by atoms with Crippen LogP contribution < -0.4 is 15.4 Å². The van der Waals surface area contributed by atoms with E-state index in [2.05, 4.69) is 23.5 Å². The van der Waals surface area contributed by atoms with Gasteiger partial charge in [0.2, 0.25) is 0 Å². The van der Waals surface area contributed by atoms with Crippen LogP contribution in [0.15, 0.2) is 18.2 Å².